The van der Waals surface area contributed by atoms with Gasteiger partial charge in [0.1, 0.15) is 18.2 Å². The highest BCUT2D eigenvalue weighted by Gasteiger charge is 2.13. The number of aryl methyl sites for hydroxylation is 1. The van der Waals surface area contributed by atoms with E-state index in [2.05, 4.69) is 35.9 Å². The number of hydrogen-bond acceptors (Lipinski definition) is 3. The molecule has 0 aliphatic rings. The second-order valence-corrected chi connectivity index (χ2v) is 8.52. The van der Waals surface area contributed by atoms with E-state index >= 15 is 0 Å². The number of nitrogens with one attached hydrogen (secondary N) is 1. The highest BCUT2D eigenvalue weighted by molar-refractivity contribution is 6.30. The first kappa shape index (κ1) is 24.1. The van der Waals surface area contributed by atoms with Crippen molar-refractivity contribution in [2.45, 2.75) is 58.9 Å². The molecule has 1 aromatic heterocycles. The van der Waals surface area contributed by atoms with Gasteiger partial charge in [-0.2, -0.15) is 0 Å². The van der Waals surface area contributed by atoms with E-state index in [1.165, 1.54) is 0 Å². The van der Waals surface area contributed by atoms with Gasteiger partial charge in [-0.05, 0) is 62.1 Å². The van der Waals surface area contributed by atoms with Crippen molar-refractivity contribution in [2.75, 3.05) is 13.2 Å². The van der Waals surface area contributed by atoms with Gasteiger partial charge in [0.05, 0.1) is 17.6 Å². The number of nitrogens with zero attached hydrogens (tertiary/aromatic N) is 2. The van der Waals surface area contributed by atoms with Crippen LogP contribution < -0.4 is 10.1 Å². The number of carbonyl (C=O) groups is 1. The molecule has 0 atom stereocenters. The molecule has 6 heteroatoms. The minimum absolute atomic E-state index is 0.144. The molecule has 0 saturated carbocycles. The Bertz CT molecular complexity index is 980. The first-order valence-electron chi connectivity index (χ1n) is 11.7. The van der Waals surface area contributed by atoms with Gasteiger partial charge in [0.2, 0.25) is 5.91 Å². The van der Waals surface area contributed by atoms with Gasteiger partial charge in [0.25, 0.3) is 0 Å². The third-order valence-corrected chi connectivity index (χ3v) is 6.12. The summed E-state index contributed by atoms with van der Waals surface area (Å²) in [5.74, 6) is 2.24. The molecular formula is C26H34ClN3O2. The average molecular weight is 456 g/mol. The number of ether oxygens (including phenoxy) is 1. The van der Waals surface area contributed by atoms with Crippen molar-refractivity contribution < 1.29 is 9.53 Å². The smallest absolute Gasteiger partial charge is 0.223 e. The van der Waals surface area contributed by atoms with Gasteiger partial charge in [0.15, 0.2) is 0 Å². The zero-order chi connectivity index (χ0) is 22.8. The van der Waals surface area contributed by atoms with Crippen molar-refractivity contribution >= 4 is 28.5 Å². The predicted molar refractivity (Wildman–Crippen MR) is 131 cm³/mol. The molecule has 3 aromatic rings. The van der Waals surface area contributed by atoms with Crippen LogP contribution in [0, 0.1) is 5.92 Å². The van der Waals surface area contributed by atoms with Crippen molar-refractivity contribution in [3.8, 4) is 5.75 Å². The summed E-state index contributed by atoms with van der Waals surface area (Å²) < 4.78 is 8.17. The number of imidazole rings is 1. The van der Waals surface area contributed by atoms with E-state index < -0.39 is 0 Å². The van der Waals surface area contributed by atoms with E-state index in [0.717, 1.165) is 74.2 Å². The maximum atomic E-state index is 12.1. The zero-order valence-electron chi connectivity index (χ0n) is 19.1. The Hall–Kier alpha value is -2.53. The Balaban J connectivity index is 1.50. The summed E-state index contributed by atoms with van der Waals surface area (Å²) in [5.41, 5.74) is 2.16. The van der Waals surface area contributed by atoms with Crippen LogP contribution in [0.1, 0.15) is 51.8 Å². The maximum absolute atomic E-state index is 12.1. The van der Waals surface area contributed by atoms with Crippen molar-refractivity contribution in [1.29, 1.82) is 0 Å². The lowest BCUT2D eigenvalue weighted by Crippen LogP contribution is -2.30. The number of carbonyl (C=O) groups excluding carboxylic acids is 1. The zero-order valence-corrected chi connectivity index (χ0v) is 19.9. The van der Waals surface area contributed by atoms with Crippen molar-refractivity contribution in [1.82, 2.24) is 14.9 Å². The third kappa shape index (κ3) is 6.73. The van der Waals surface area contributed by atoms with E-state index in [0.29, 0.717) is 11.6 Å². The summed E-state index contributed by atoms with van der Waals surface area (Å²) in [4.78, 5) is 16.9. The number of halogens is 1. The Morgan fingerprint density at radius 2 is 1.81 bits per heavy atom. The largest absolute Gasteiger partial charge is 0.492 e. The molecule has 0 fully saturated rings. The quantitative estimate of drug-likeness (QED) is 0.320. The fourth-order valence-electron chi connectivity index (χ4n) is 3.95. The first-order valence-corrected chi connectivity index (χ1v) is 12.1. The van der Waals surface area contributed by atoms with Crippen molar-refractivity contribution in [2.24, 2.45) is 5.92 Å². The highest BCUT2D eigenvalue weighted by Crippen LogP contribution is 2.19. The number of para-hydroxylation sites is 2. The van der Waals surface area contributed by atoms with Crippen LogP contribution in [0.3, 0.4) is 0 Å². The first-order chi connectivity index (χ1) is 15.6. The summed E-state index contributed by atoms with van der Waals surface area (Å²) in [6.07, 6.45) is 5.82. The molecule has 0 saturated heterocycles. The second-order valence-electron chi connectivity index (χ2n) is 8.09. The molecule has 1 N–H and O–H groups in total. The lowest BCUT2D eigenvalue weighted by Gasteiger charge is -2.13. The number of unbranched alkanes of at least 4 members (excludes halogenated alkanes) is 2. The van der Waals surface area contributed by atoms with Gasteiger partial charge in [-0.15, -0.1) is 0 Å². The summed E-state index contributed by atoms with van der Waals surface area (Å²) >= 11 is 5.95. The number of benzene rings is 2. The van der Waals surface area contributed by atoms with Crippen LogP contribution in [0.15, 0.2) is 48.5 Å². The normalized spacial score (nSPS) is 11.2. The van der Waals surface area contributed by atoms with E-state index in [4.69, 9.17) is 21.3 Å². The number of amides is 1. The molecule has 0 spiro atoms. The minimum Gasteiger partial charge on any atom is -0.492 e. The van der Waals surface area contributed by atoms with Gasteiger partial charge in [0, 0.05) is 23.9 Å². The monoisotopic (exact) mass is 455 g/mol. The van der Waals surface area contributed by atoms with Crippen LogP contribution in [0.5, 0.6) is 5.75 Å². The lowest BCUT2D eigenvalue weighted by atomic mass is 10.0. The fraction of sp³-hybridized carbons (Fsp3) is 0.462. The molecule has 0 aliphatic carbocycles. The summed E-state index contributed by atoms with van der Waals surface area (Å²) in [6.45, 7) is 6.20. The summed E-state index contributed by atoms with van der Waals surface area (Å²) in [6, 6.07) is 15.7. The Morgan fingerprint density at radius 3 is 2.56 bits per heavy atom. The fourth-order valence-corrected chi connectivity index (χ4v) is 4.08. The van der Waals surface area contributed by atoms with Gasteiger partial charge < -0.3 is 14.6 Å². The standard InChI is InChI=1S/C26H34ClN3O2/c1-3-20(4-2)26(31)28-17-9-5-6-12-25-29-23-10-7-8-11-24(23)30(25)18-19-32-22-15-13-21(27)14-16-22/h7-8,10-11,13-16,20H,3-6,9,12,17-19H2,1-2H3,(H,28,31). The Morgan fingerprint density at radius 1 is 1.06 bits per heavy atom. The molecule has 5 nitrogen and oxygen atoms in total. The minimum atomic E-state index is 0.144. The number of fused-ring (bicyclic) bond motifs is 1. The van der Waals surface area contributed by atoms with Crippen LogP contribution in [0.4, 0.5) is 0 Å². The van der Waals surface area contributed by atoms with Crippen molar-refractivity contribution in [3.63, 3.8) is 0 Å². The second kappa shape index (κ2) is 12.5. The molecule has 2 aromatic carbocycles. The molecule has 3 rings (SSSR count). The number of rotatable bonds is 13. The van der Waals surface area contributed by atoms with Crippen LogP contribution in [0.2, 0.25) is 5.02 Å². The summed E-state index contributed by atoms with van der Waals surface area (Å²) in [5, 5.41) is 3.78. The number of aromatic nitrogens is 2. The van der Waals surface area contributed by atoms with E-state index in [-0.39, 0.29) is 11.8 Å². The predicted octanol–water partition coefficient (Wildman–Crippen LogP) is 6.03. The Labute approximate surface area is 196 Å². The average Bonchev–Trinajstić information content (AvgIpc) is 3.15. The van der Waals surface area contributed by atoms with Gasteiger partial charge in [-0.3, -0.25) is 4.79 Å². The van der Waals surface area contributed by atoms with Crippen LogP contribution in [-0.4, -0.2) is 28.6 Å². The topological polar surface area (TPSA) is 56.2 Å². The number of hydrogen-bond donors (Lipinski definition) is 1. The lowest BCUT2D eigenvalue weighted by molar-refractivity contribution is -0.125. The van der Waals surface area contributed by atoms with Gasteiger partial charge >= 0.3 is 0 Å². The molecule has 172 valence electrons. The molecule has 0 unspecified atom stereocenters. The highest BCUT2D eigenvalue weighted by atomic mass is 35.5. The Kier molecular flexibility index (Phi) is 9.42. The van der Waals surface area contributed by atoms with E-state index in [9.17, 15) is 4.79 Å². The summed E-state index contributed by atoms with van der Waals surface area (Å²) in [7, 11) is 0. The van der Waals surface area contributed by atoms with Crippen LogP contribution >= 0.6 is 11.6 Å². The van der Waals surface area contributed by atoms with Crippen molar-refractivity contribution in [3.05, 3.63) is 59.4 Å². The van der Waals surface area contributed by atoms with E-state index in [1.807, 2.05) is 36.4 Å². The molecule has 32 heavy (non-hydrogen) atoms. The van der Waals surface area contributed by atoms with E-state index in [1.54, 1.807) is 0 Å². The molecular weight excluding hydrogens is 422 g/mol. The molecule has 0 bridgehead atoms. The molecule has 1 heterocycles. The molecule has 0 radical (unpaired) electrons. The maximum Gasteiger partial charge on any atom is 0.223 e. The SMILES string of the molecule is CCC(CC)C(=O)NCCCCCc1nc2ccccc2n1CCOc1ccc(Cl)cc1. The third-order valence-electron chi connectivity index (χ3n) is 5.86. The van der Waals surface area contributed by atoms with Gasteiger partial charge in [-0.1, -0.05) is 44.0 Å². The van der Waals surface area contributed by atoms with Crippen LogP contribution in [-0.2, 0) is 17.8 Å². The molecule has 0 aliphatic heterocycles. The molecule has 1 amide bonds. The van der Waals surface area contributed by atoms with Gasteiger partial charge in [-0.25, -0.2) is 4.98 Å². The van der Waals surface area contributed by atoms with Crippen LogP contribution in [0.25, 0.3) is 11.0 Å².